The molecule has 1 atom stereocenters. The Kier molecular flexibility index (Phi) is 2.77. The fraction of sp³-hybridized carbons (Fsp3) is 0.833. The van der Waals surface area contributed by atoms with Gasteiger partial charge in [-0.25, -0.2) is 0 Å². The number of carbonyl (C=O) groups is 1. The molecule has 1 saturated heterocycles. The van der Waals surface area contributed by atoms with Crippen LogP contribution in [-0.2, 0) is 9.53 Å². The average molecular weight is 199 g/mol. The maximum absolute atomic E-state index is 11.5. The number of alkyl halides is 3. The Morgan fingerprint density at radius 2 is 2.15 bits per heavy atom. The Morgan fingerprint density at radius 1 is 1.54 bits per heavy atom. The number of esters is 1. The number of hydroxylamine groups is 2. The van der Waals surface area contributed by atoms with Gasteiger partial charge in [0.1, 0.15) is 6.04 Å². The molecule has 1 N–H and O–H groups in total. The van der Waals surface area contributed by atoms with Crippen LogP contribution in [0.2, 0.25) is 0 Å². The van der Waals surface area contributed by atoms with Crippen LogP contribution in [0.4, 0.5) is 13.2 Å². The predicted octanol–water partition coefficient (Wildman–Crippen LogP) is 0.903. The first kappa shape index (κ1) is 10.3. The number of hydrogen-bond acceptors (Lipinski definition) is 4. The van der Waals surface area contributed by atoms with Gasteiger partial charge in [-0.15, -0.1) is 13.2 Å². The third-order valence-corrected chi connectivity index (χ3v) is 1.71. The molecule has 1 rings (SSSR count). The monoisotopic (exact) mass is 199 g/mol. The Hall–Kier alpha value is -0.820. The van der Waals surface area contributed by atoms with Crippen LogP contribution in [0, 0.1) is 0 Å². The lowest BCUT2D eigenvalue weighted by Crippen LogP contribution is -2.37. The van der Waals surface area contributed by atoms with E-state index in [0.29, 0.717) is 11.5 Å². The molecule has 0 radical (unpaired) electrons. The van der Waals surface area contributed by atoms with E-state index in [1.165, 1.54) is 0 Å². The second kappa shape index (κ2) is 3.51. The molecule has 0 amide bonds. The number of ether oxygens (including phenoxy) is 1. The first-order valence-electron chi connectivity index (χ1n) is 3.65. The van der Waals surface area contributed by atoms with E-state index in [1.54, 1.807) is 0 Å². The third kappa shape index (κ3) is 2.85. The third-order valence-electron chi connectivity index (χ3n) is 1.71. The normalized spacial score (nSPS) is 24.8. The summed E-state index contributed by atoms with van der Waals surface area (Å²) < 4.78 is 37.8. The molecular weight excluding hydrogens is 191 g/mol. The fourth-order valence-electron chi connectivity index (χ4n) is 1.17. The smallest absolute Gasteiger partial charge is 0.372 e. The van der Waals surface area contributed by atoms with Crippen LogP contribution in [0.25, 0.3) is 0 Å². The zero-order valence-electron chi connectivity index (χ0n) is 6.54. The van der Waals surface area contributed by atoms with Crippen LogP contribution in [0.15, 0.2) is 0 Å². The standard InChI is InChI=1S/C6H8F3NO3/c7-6(8,9)13-5(11)4-2-1-3-10(4)12/h4,12H,1-3H2/t4-/m0/s1. The Labute approximate surface area is 71.8 Å². The van der Waals surface area contributed by atoms with Gasteiger partial charge in [0.15, 0.2) is 0 Å². The molecule has 0 aromatic heterocycles. The minimum Gasteiger partial charge on any atom is -0.372 e. The molecule has 4 nitrogen and oxygen atoms in total. The SMILES string of the molecule is O=C(OC(F)(F)F)[C@@H]1CCCN1O. The second-order valence-electron chi connectivity index (χ2n) is 2.69. The van der Waals surface area contributed by atoms with Crippen molar-refractivity contribution in [2.24, 2.45) is 0 Å². The second-order valence-corrected chi connectivity index (χ2v) is 2.69. The average Bonchev–Trinajstić information content (AvgIpc) is 2.30. The lowest BCUT2D eigenvalue weighted by Gasteiger charge is -2.16. The highest BCUT2D eigenvalue weighted by molar-refractivity contribution is 5.76. The molecule has 0 aromatic rings. The van der Waals surface area contributed by atoms with E-state index in [9.17, 15) is 18.0 Å². The van der Waals surface area contributed by atoms with Gasteiger partial charge in [0.05, 0.1) is 0 Å². The summed E-state index contributed by atoms with van der Waals surface area (Å²) in [7, 11) is 0. The van der Waals surface area contributed by atoms with Gasteiger partial charge < -0.3 is 9.94 Å². The molecule has 0 spiro atoms. The van der Waals surface area contributed by atoms with Crippen molar-refractivity contribution in [2.75, 3.05) is 6.54 Å². The Bertz CT molecular complexity index is 206. The highest BCUT2D eigenvalue weighted by Gasteiger charge is 2.40. The lowest BCUT2D eigenvalue weighted by atomic mass is 10.2. The molecule has 1 fully saturated rings. The van der Waals surface area contributed by atoms with Crippen LogP contribution in [0.1, 0.15) is 12.8 Å². The minimum absolute atomic E-state index is 0.186. The molecule has 0 unspecified atom stereocenters. The quantitative estimate of drug-likeness (QED) is 0.637. The zero-order chi connectivity index (χ0) is 10.1. The predicted molar refractivity (Wildman–Crippen MR) is 33.7 cm³/mol. The van der Waals surface area contributed by atoms with Crippen molar-refractivity contribution in [3.63, 3.8) is 0 Å². The maximum Gasteiger partial charge on any atom is 0.575 e. The number of carbonyl (C=O) groups excluding carboxylic acids is 1. The summed E-state index contributed by atoms with van der Waals surface area (Å²) in [5.74, 6) is -1.45. The summed E-state index contributed by atoms with van der Waals surface area (Å²) in [6.45, 7) is 0.192. The van der Waals surface area contributed by atoms with Gasteiger partial charge in [0.25, 0.3) is 0 Å². The van der Waals surface area contributed by atoms with E-state index in [4.69, 9.17) is 5.21 Å². The summed E-state index contributed by atoms with van der Waals surface area (Å²) in [4.78, 5) is 10.7. The van der Waals surface area contributed by atoms with E-state index in [2.05, 4.69) is 4.74 Å². The van der Waals surface area contributed by atoms with E-state index in [1.807, 2.05) is 0 Å². The molecule has 76 valence electrons. The zero-order valence-corrected chi connectivity index (χ0v) is 6.54. The molecule has 0 bridgehead atoms. The van der Waals surface area contributed by atoms with E-state index in [-0.39, 0.29) is 13.0 Å². The summed E-state index contributed by atoms with van der Waals surface area (Å²) in [5.41, 5.74) is 0. The Morgan fingerprint density at radius 3 is 2.54 bits per heavy atom. The van der Waals surface area contributed by atoms with Crippen LogP contribution in [-0.4, -0.2) is 35.2 Å². The van der Waals surface area contributed by atoms with Gasteiger partial charge in [0, 0.05) is 6.54 Å². The molecule has 13 heavy (non-hydrogen) atoms. The molecular formula is C6H8F3NO3. The molecule has 1 aliphatic rings. The maximum atomic E-state index is 11.5. The molecule has 0 aromatic carbocycles. The Balaban J connectivity index is 2.48. The van der Waals surface area contributed by atoms with Crippen molar-refractivity contribution in [1.82, 2.24) is 5.06 Å². The van der Waals surface area contributed by atoms with Crippen molar-refractivity contribution >= 4 is 5.97 Å². The van der Waals surface area contributed by atoms with Gasteiger partial charge in [0.2, 0.25) is 0 Å². The van der Waals surface area contributed by atoms with Crippen molar-refractivity contribution in [1.29, 1.82) is 0 Å². The molecule has 0 aliphatic carbocycles. The molecule has 0 saturated carbocycles. The first-order valence-corrected chi connectivity index (χ1v) is 3.65. The van der Waals surface area contributed by atoms with Crippen molar-refractivity contribution < 1.29 is 27.9 Å². The van der Waals surface area contributed by atoms with Crippen LogP contribution < -0.4 is 0 Å². The van der Waals surface area contributed by atoms with Gasteiger partial charge in [-0.3, -0.25) is 4.79 Å². The molecule has 1 heterocycles. The van der Waals surface area contributed by atoms with Gasteiger partial charge >= 0.3 is 12.3 Å². The van der Waals surface area contributed by atoms with Gasteiger partial charge in [-0.2, -0.15) is 5.06 Å². The summed E-state index contributed by atoms with van der Waals surface area (Å²) in [6, 6.07) is -1.18. The van der Waals surface area contributed by atoms with Crippen molar-refractivity contribution in [3.8, 4) is 0 Å². The van der Waals surface area contributed by atoms with Gasteiger partial charge in [-0.1, -0.05) is 0 Å². The topological polar surface area (TPSA) is 49.8 Å². The number of nitrogens with zero attached hydrogens (tertiary/aromatic N) is 1. The molecule has 1 aliphatic heterocycles. The highest BCUT2D eigenvalue weighted by Crippen LogP contribution is 2.22. The molecule has 7 heteroatoms. The van der Waals surface area contributed by atoms with Crippen LogP contribution in [0.3, 0.4) is 0 Å². The van der Waals surface area contributed by atoms with Crippen molar-refractivity contribution in [2.45, 2.75) is 25.2 Å². The number of rotatable bonds is 1. The van der Waals surface area contributed by atoms with E-state index in [0.717, 1.165) is 0 Å². The van der Waals surface area contributed by atoms with Crippen LogP contribution in [0.5, 0.6) is 0 Å². The van der Waals surface area contributed by atoms with E-state index >= 15 is 0 Å². The highest BCUT2D eigenvalue weighted by atomic mass is 19.4. The number of halogens is 3. The minimum atomic E-state index is -4.97. The van der Waals surface area contributed by atoms with Crippen molar-refractivity contribution in [3.05, 3.63) is 0 Å². The number of hydrogen-bond donors (Lipinski definition) is 1. The summed E-state index contributed by atoms with van der Waals surface area (Å²) in [5, 5.41) is 9.48. The largest absolute Gasteiger partial charge is 0.575 e. The fourth-order valence-corrected chi connectivity index (χ4v) is 1.17. The lowest BCUT2D eigenvalue weighted by molar-refractivity contribution is -0.310. The summed E-state index contributed by atoms with van der Waals surface area (Å²) in [6.07, 6.45) is -4.31. The summed E-state index contributed by atoms with van der Waals surface area (Å²) >= 11 is 0. The first-order chi connectivity index (χ1) is 5.90. The van der Waals surface area contributed by atoms with E-state index < -0.39 is 18.4 Å². The van der Waals surface area contributed by atoms with Gasteiger partial charge in [-0.05, 0) is 12.8 Å². The van der Waals surface area contributed by atoms with Crippen LogP contribution >= 0.6 is 0 Å².